The van der Waals surface area contributed by atoms with Gasteiger partial charge in [-0.25, -0.2) is 8.42 Å². The van der Waals surface area contributed by atoms with E-state index in [0.29, 0.717) is 24.7 Å². The smallest absolute Gasteiger partial charge is 0.293 e. The number of nitrogens with zero attached hydrogens (tertiary/aromatic N) is 2. The number of hydrogen-bond donors (Lipinski definition) is 1. The van der Waals surface area contributed by atoms with E-state index in [1.165, 1.54) is 16.4 Å². The van der Waals surface area contributed by atoms with Gasteiger partial charge in [0.25, 0.3) is 5.69 Å². The second kappa shape index (κ2) is 6.68. The van der Waals surface area contributed by atoms with Crippen molar-refractivity contribution >= 4 is 21.4 Å². The largest absolute Gasteiger partial charge is 0.375 e. The van der Waals surface area contributed by atoms with Crippen LogP contribution in [0.5, 0.6) is 0 Å². The molecule has 0 aliphatic carbocycles. The fourth-order valence-electron chi connectivity index (χ4n) is 2.85. The van der Waals surface area contributed by atoms with Crippen LogP contribution in [0.2, 0.25) is 0 Å². The minimum Gasteiger partial charge on any atom is -0.375 e. The first-order valence-electron chi connectivity index (χ1n) is 8.07. The van der Waals surface area contributed by atoms with Crippen LogP contribution >= 0.6 is 0 Å². The van der Waals surface area contributed by atoms with Gasteiger partial charge in [-0.3, -0.25) is 10.1 Å². The number of nitro benzene ring substituents is 1. The molecule has 2 rings (SSSR count). The molecule has 0 bridgehead atoms. The van der Waals surface area contributed by atoms with E-state index in [1.807, 2.05) is 27.7 Å². The minimum absolute atomic E-state index is 0.0252. The Balaban J connectivity index is 2.40. The lowest BCUT2D eigenvalue weighted by atomic mass is 10.0. The van der Waals surface area contributed by atoms with Crippen LogP contribution in [0.4, 0.5) is 11.4 Å². The van der Waals surface area contributed by atoms with Crippen LogP contribution in [0.3, 0.4) is 0 Å². The highest BCUT2D eigenvalue weighted by Crippen LogP contribution is 2.32. The summed E-state index contributed by atoms with van der Waals surface area (Å²) in [6, 6.07) is 4.07. The molecule has 0 spiro atoms. The van der Waals surface area contributed by atoms with Crippen molar-refractivity contribution in [3.8, 4) is 0 Å². The number of nitrogens with one attached hydrogen (secondary N) is 1. The number of hydrogen-bond acceptors (Lipinski definition) is 5. The van der Waals surface area contributed by atoms with Crippen LogP contribution in [0.25, 0.3) is 0 Å². The zero-order chi connectivity index (χ0) is 18.1. The van der Waals surface area contributed by atoms with E-state index in [4.69, 9.17) is 0 Å². The second-order valence-corrected chi connectivity index (χ2v) is 9.36. The summed E-state index contributed by atoms with van der Waals surface area (Å²) in [6.45, 7) is 8.59. The van der Waals surface area contributed by atoms with Crippen LogP contribution in [-0.4, -0.2) is 36.3 Å². The number of nitro groups is 1. The predicted molar refractivity (Wildman–Crippen MR) is 93.6 cm³/mol. The molecule has 1 fully saturated rings. The lowest BCUT2D eigenvalue weighted by Gasteiger charge is -2.30. The summed E-state index contributed by atoms with van der Waals surface area (Å²) in [6.07, 6.45) is 1.81. The standard InChI is InChI=1S/C16H25N3O4S/c1-12-6-5-9-18(11-12)24(22,23)13-7-8-14(17-16(2,3)4)15(10-13)19(20)21/h7-8,10,12,17H,5-6,9,11H2,1-4H3/t12-/m1/s1. The average molecular weight is 355 g/mol. The van der Waals surface area contributed by atoms with Gasteiger partial charge in [-0.1, -0.05) is 6.92 Å². The van der Waals surface area contributed by atoms with Crippen molar-refractivity contribution in [2.24, 2.45) is 5.92 Å². The van der Waals surface area contributed by atoms with Gasteiger partial charge in [-0.05, 0) is 51.7 Å². The summed E-state index contributed by atoms with van der Waals surface area (Å²) in [7, 11) is -3.71. The Morgan fingerprint density at radius 3 is 2.54 bits per heavy atom. The van der Waals surface area contributed by atoms with Gasteiger partial charge in [0.05, 0.1) is 9.82 Å². The Morgan fingerprint density at radius 1 is 1.33 bits per heavy atom. The molecule has 134 valence electrons. The highest BCUT2D eigenvalue weighted by Gasteiger charge is 2.31. The summed E-state index contributed by atoms with van der Waals surface area (Å²) in [5.74, 6) is 0.297. The molecule has 1 saturated heterocycles. The maximum atomic E-state index is 12.8. The molecule has 1 aromatic carbocycles. The normalized spacial score (nSPS) is 19.9. The van der Waals surface area contributed by atoms with E-state index in [9.17, 15) is 18.5 Å². The molecule has 0 saturated carbocycles. The summed E-state index contributed by atoms with van der Waals surface area (Å²) in [5, 5.41) is 14.4. The maximum absolute atomic E-state index is 12.8. The second-order valence-electron chi connectivity index (χ2n) is 7.42. The number of piperidine rings is 1. The van der Waals surface area contributed by atoms with E-state index in [1.54, 1.807) is 0 Å². The summed E-state index contributed by atoms with van der Waals surface area (Å²) >= 11 is 0. The summed E-state index contributed by atoms with van der Waals surface area (Å²) in [4.78, 5) is 10.8. The topological polar surface area (TPSA) is 92.6 Å². The van der Waals surface area contributed by atoms with E-state index in [-0.39, 0.29) is 16.1 Å². The molecule has 0 unspecified atom stereocenters. The number of benzene rings is 1. The van der Waals surface area contributed by atoms with Crippen LogP contribution in [-0.2, 0) is 10.0 Å². The van der Waals surface area contributed by atoms with Gasteiger partial charge in [0.2, 0.25) is 10.0 Å². The van der Waals surface area contributed by atoms with Crippen LogP contribution < -0.4 is 5.32 Å². The Labute approximate surface area is 143 Å². The minimum atomic E-state index is -3.71. The Kier molecular flexibility index (Phi) is 5.19. The molecule has 0 radical (unpaired) electrons. The monoisotopic (exact) mass is 355 g/mol. The van der Waals surface area contributed by atoms with Gasteiger partial charge in [0, 0.05) is 24.7 Å². The SMILES string of the molecule is C[C@@H]1CCCN(S(=O)(=O)c2ccc(NC(C)(C)C)c([N+](=O)[O-])c2)C1. The number of sulfonamides is 1. The molecule has 1 aromatic rings. The third-order valence-corrected chi connectivity index (χ3v) is 5.79. The Hall–Kier alpha value is -1.67. The number of rotatable bonds is 4. The highest BCUT2D eigenvalue weighted by atomic mass is 32.2. The van der Waals surface area contributed by atoms with E-state index >= 15 is 0 Å². The lowest BCUT2D eigenvalue weighted by molar-refractivity contribution is -0.384. The van der Waals surface area contributed by atoms with Gasteiger partial charge in [0.1, 0.15) is 5.69 Å². The molecular weight excluding hydrogens is 330 g/mol. The molecule has 24 heavy (non-hydrogen) atoms. The predicted octanol–water partition coefficient (Wildman–Crippen LogP) is 3.23. The van der Waals surface area contributed by atoms with Crippen molar-refractivity contribution in [3.05, 3.63) is 28.3 Å². The van der Waals surface area contributed by atoms with Gasteiger partial charge in [0.15, 0.2) is 0 Å². The zero-order valence-electron chi connectivity index (χ0n) is 14.6. The fourth-order valence-corrected chi connectivity index (χ4v) is 4.47. The number of anilines is 1. The Bertz CT molecular complexity index is 725. The van der Waals surface area contributed by atoms with E-state index in [0.717, 1.165) is 18.9 Å². The molecule has 1 heterocycles. The van der Waals surface area contributed by atoms with E-state index in [2.05, 4.69) is 5.32 Å². The van der Waals surface area contributed by atoms with Crippen molar-refractivity contribution in [2.45, 2.75) is 51.0 Å². The fraction of sp³-hybridized carbons (Fsp3) is 0.625. The average Bonchev–Trinajstić information content (AvgIpc) is 2.45. The molecule has 0 amide bonds. The van der Waals surface area contributed by atoms with Gasteiger partial charge < -0.3 is 5.32 Å². The summed E-state index contributed by atoms with van der Waals surface area (Å²) < 4.78 is 27.0. The molecule has 1 aliphatic rings. The van der Waals surface area contributed by atoms with Crippen LogP contribution in [0.15, 0.2) is 23.1 Å². The third-order valence-electron chi connectivity index (χ3n) is 3.93. The van der Waals surface area contributed by atoms with Gasteiger partial charge in [-0.2, -0.15) is 4.31 Å². The van der Waals surface area contributed by atoms with Crippen LogP contribution in [0.1, 0.15) is 40.5 Å². The quantitative estimate of drug-likeness (QED) is 0.661. The highest BCUT2D eigenvalue weighted by molar-refractivity contribution is 7.89. The first-order chi connectivity index (χ1) is 11.0. The van der Waals surface area contributed by atoms with Gasteiger partial charge >= 0.3 is 0 Å². The maximum Gasteiger partial charge on any atom is 0.293 e. The van der Waals surface area contributed by atoms with Crippen molar-refractivity contribution in [2.75, 3.05) is 18.4 Å². The van der Waals surface area contributed by atoms with Crippen molar-refractivity contribution in [3.63, 3.8) is 0 Å². The third kappa shape index (κ3) is 4.24. The first kappa shape index (κ1) is 18.7. The van der Waals surface area contributed by atoms with Crippen molar-refractivity contribution < 1.29 is 13.3 Å². The van der Waals surface area contributed by atoms with Gasteiger partial charge in [-0.15, -0.1) is 0 Å². The molecule has 1 aliphatic heterocycles. The van der Waals surface area contributed by atoms with Crippen LogP contribution in [0, 0.1) is 16.0 Å². The molecule has 1 atom stereocenters. The molecule has 0 aromatic heterocycles. The van der Waals surface area contributed by atoms with Crippen molar-refractivity contribution in [1.29, 1.82) is 0 Å². The van der Waals surface area contributed by atoms with Crippen molar-refractivity contribution in [1.82, 2.24) is 4.31 Å². The van der Waals surface area contributed by atoms with E-state index < -0.39 is 14.9 Å². The molecule has 1 N–H and O–H groups in total. The summed E-state index contributed by atoms with van der Waals surface area (Å²) in [5.41, 5.74) is -0.275. The molecule has 7 nitrogen and oxygen atoms in total. The molecule has 8 heteroatoms. The lowest BCUT2D eigenvalue weighted by Crippen LogP contribution is -2.39. The zero-order valence-corrected chi connectivity index (χ0v) is 15.4. The Morgan fingerprint density at radius 2 is 2.00 bits per heavy atom. The first-order valence-corrected chi connectivity index (χ1v) is 9.51. The molecular formula is C16H25N3O4S.